The summed E-state index contributed by atoms with van der Waals surface area (Å²) >= 11 is 6.17. The van der Waals surface area contributed by atoms with E-state index in [9.17, 15) is 4.79 Å². The zero-order valence-corrected chi connectivity index (χ0v) is 5.24. The number of rotatable bonds is 0. The van der Waals surface area contributed by atoms with Gasteiger partial charge < -0.3 is 0 Å². The third-order valence-corrected chi connectivity index (χ3v) is 1.38. The second kappa shape index (κ2) is 2.19. The summed E-state index contributed by atoms with van der Waals surface area (Å²) in [4.78, 5) is 10.4. The first kappa shape index (κ1) is 5.65. The van der Waals surface area contributed by atoms with E-state index in [1.54, 1.807) is 0 Å². The molecule has 0 saturated carbocycles. The van der Waals surface area contributed by atoms with Gasteiger partial charge in [-0.1, -0.05) is 11.6 Å². The van der Waals surface area contributed by atoms with Crippen molar-refractivity contribution in [1.29, 1.82) is 0 Å². The maximum Gasteiger partial charge on any atom is 0.236 e. The normalized spacial score (nSPS) is 9.12. The molecule has 0 aliphatic heterocycles. The second-order valence-corrected chi connectivity index (χ2v) is 1.98. The van der Waals surface area contributed by atoms with Gasteiger partial charge in [0.2, 0.25) is 5.43 Å². The van der Waals surface area contributed by atoms with E-state index < -0.39 is 0 Å². The summed E-state index contributed by atoms with van der Waals surface area (Å²) in [7, 11) is 0. The van der Waals surface area contributed by atoms with Crippen molar-refractivity contribution in [3.63, 3.8) is 0 Å². The minimum absolute atomic E-state index is 0.00926. The molecule has 0 aliphatic rings. The predicted octanol–water partition coefficient (Wildman–Crippen LogP) is 0.552. The van der Waals surface area contributed by atoms with E-state index in [4.69, 9.17) is 11.6 Å². The van der Waals surface area contributed by atoms with Crippen LogP contribution in [0.5, 0.6) is 0 Å². The summed E-state index contributed by atoms with van der Waals surface area (Å²) in [6.07, 6.45) is 1.14. The highest BCUT2D eigenvalue weighted by Crippen LogP contribution is 1.92. The van der Waals surface area contributed by atoms with E-state index in [0.29, 0.717) is 0 Å². The maximum atomic E-state index is 10.4. The van der Waals surface area contributed by atoms with Crippen molar-refractivity contribution >= 4 is 23.3 Å². The van der Waals surface area contributed by atoms with E-state index in [0.717, 1.165) is 17.9 Å². The van der Waals surface area contributed by atoms with Crippen molar-refractivity contribution < 1.29 is 0 Å². The Morgan fingerprint density at radius 3 is 2.88 bits per heavy atom. The van der Waals surface area contributed by atoms with Gasteiger partial charge in [0.15, 0.2) is 5.15 Å². The minimum atomic E-state index is -0.328. The molecule has 0 atom stereocenters. The summed E-state index contributed by atoms with van der Waals surface area (Å²) in [5.74, 6) is 0. The Hall–Kier alpha value is -0.480. The monoisotopic (exact) mass is 148 g/mol. The predicted molar refractivity (Wildman–Crippen MR) is 31.2 cm³/mol. The molecule has 0 bridgehead atoms. The highest BCUT2D eigenvalue weighted by molar-refractivity contribution is 6.99. The molecule has 0 amide bonds. The Morgan fingerprint density at radius 2 is 2.50 bits per heavy atom. The van der Waals surface area contributed by atoms with Crippen LogP contribution in [-0.2, 0) is 0 Å². The maximum absolute atomic E-state index is 10.4. The molecule has 8 heavy (non-hydrogen) atoms. The molecule has 0 unspecified atom stereocenters. The van der Waals surface area contributed by atoms with Gasteiger partial charge in [-0.2, -0.15) is 8.75 Å². The standard InChI is InChI=1S/C3HClN2OS/c4-3-2(7)1-5-8-6-3/h1H. The first-order chi connectivity index (χ1) is 3.80. The molecule has 1 aromatic rings. The first-order valence-corrected chi connectivity index (χ1v) is 2.89. The molecule has 3 nitrogen and oxygen atoms in total. The topological polar surface area (TPSA) is 42.9 Å². The molecule has 5 heteroatoms. The van der Waals surface area contributed by atoms with Gasteiger partial charge in [-0.3, -0.25) is 4.79 Å². The smallest absolute Gasteiger partial charge is 0.236 e. The molecule has 0 saturated heterocycles. The Kier molecular flexibility index (Phi) is 1.55. The van der Waals surface area contributed by atoms with E-state index in [-0.39, 0.29) is 10.6 Å². The molecular formula is C3HClN2OS. The average molecular weight is 149 g/mol. The van der Waals surface area contributed by atoms with E-state index >= 15 is 0 Å². The zero-order chi connectivity index (χ0) is 5.98. The van der Waals surface area contributed by atoms with Crippen LogP contribution in [0.2, 0.25) is 5.15 Å². The van der Waals surface area contributed by atoms with Crippen LogP contribution in [0.1, 0.15) is 0 Å². The van der Waals surface area contributed by atoms with Crippen LogP contribution in [0.15, 0.2) is 11.0 Å². The van der Waals surface area contributed by atoms with Crippen LogP contribution in [0.3, 0.4) is 0 Å². The van der Waals surface area contributed by atoms with Gasteiger partial charge in [0.05, 0.1) is 17.9 Å². The van der Waals surface area contributed by atoms with Crippen molar-refractivity contribution in [2.45, 2.75) is 0 Å². The van der Waals surface area contributed by atoms with Crippen molar-refractivity contribution in [1.82, 2.24) is 8.75 Å². The molecule has 0 aromatic carbocycles. The molecule has 0 aliphatic carbocycles. The van der Waals surface area contributed by atoms with Crippen LogP contribution < -0.4 is 5.43 Å². The molecule has 0 radical (unpaired) electrons. The number of nitrogens with zero attached hydrogens (tertiary/aromatic N) is 2. The zero-order valence-electron chi connectivity index (χ0n) is 3.67. The lowest BCUT2D eigenvalue weighted by Gasteiger charge is -1.76. The number of hydrogen-bond acceptors (Lipinski definition) is 4. The lowest BCUT2D eigenvalue weighted by Crippen LogP contribution is -1.99. The Bertz CT molecular complexity index is 235. The molecular weight excluding hydrogens is 148 g/mol. The van der Waals surface area contributed by atoms with Gasteiger partial charge in [0, 0.05) is 0 Å². The molecule has 0 spiro atoms. The van der Waals surface area contributed by atoms with Crippen LogP contribution in [0.25, 0.3) is 0 Å². The molecule has 1 aromatic heterocycles. The fourth-order valence-corrected chi connectivity index (χ4v) is 0.722. The van der Waals surface area contributed by atoms with Gasteiger partial charge in [-0.25, -0.2) is 0 Å². The van der Waals surface area contributed by atoms with Gasteiger partial charge in [0.1, 0.15) is 0 Å². The van der Waals surface area contributed by atoms with Crippen molar-refractivity contribution in [2.75, 3.05) is 0 Å². The fraction of sp³-hybridized carbons (Fsp3) is 0. The average Bonchev–Trinajstić information content (AvgIpc) is 1.77. The molecule has 0 N–H and O–H groups in total. The van der Waals surface area contributed by atoms with Crippen LogP contribution in [0.4, 0.5) is 0 Å². The summed E-state index contributed by atoms with van der Waals surface area (Å²) in [5.41, 5.74) is -0.328. The molecule has 1 rings (SSSR count). The van der Waals surface area contributed by atoms with Crippen LogP contribution in [-0.4, -0.2) is 8.75 Å². The highest BCUT2D eigenvalue weighted by Gasteiger charge is 1.91. The second-order valence-electron chi connectivity index (χ2n) is 1.06. The summed E-state index contributed by atoms with van der Waals surface area (Å²) in [6, 6.07) is 0. The molecule has 42 valence electrons. The van der Waals surface area contributed by atoms with Gasteiger partial charge in [-0.15, -0.1) is 0 Å². The Morgan fingerprint density at radius 1 is 1.75 bits per heavy atom. The van der Waals surface area contributed by atoms with Gasteiger partial charge >= 0.3 is 0 Å². The lowest BCUT2D eigenvalue weighted by molar-refractivity contribution is 1.35. The van der Waals surface area contributed by atoms with Crippen molar-refractivity contribution in [3.05, 3.63) is 21.6 Å². The minimum Gasteiger partial charge on any atom is -0.285 e. The Labute approximate surface area is 54.3 Å². The van der Waals surface area contributed by atoms with Crippen LogP contribution in [0, 0.1) is 0 Å². The number of hydrogen-bond donors (Lipinski definition) is 0. The summed E-state index contributed by atoms with van der Waals surface area (Å²) < 4.78 is 6.94. The number of halogens is 1. The first-order valence-electron chi connectivity index (χ1n) is 1.78. The third kappa shape index (κ3) is 1.02. The van der Waals surface area contributed by atoms with E-state index in [1.165, 1.54) is 0 Å². The van der Waals surface area contributed by atoms with Crippen molar-refractivity contribution in [3.8, 4) is 0 Å². The van der Waals surface area contributed by atoms with E-state index in [1.807, 2.05) is 0 Å². The number of aromatic nitrogens is 2. The van der Waals surface area contributed by atoms with Gasteiger partial charge in [-0.05, 0) is 0 Å². The lowest BCUT2D eigenvalue weighted by atomic mass is 10.7. The quantitative estimate of drug-likeness (QED) is 0.540. The molecule has 1 heterocycles. The summed E-state index contributed by atoms with van der Waals surface area (Å²) in [5, 5.41) is -0.00926. The summed E-state index contributed by atoms with van der Waals surface area (Å²) in [6.45, 7) is 0. The third-order valence-electron chi connectivity index (χ3n) is 0.541. The highest BCUT2D eigenvalue weighted by atomic mass is 35.5. The SMILES string of the molecule is O=c1cnsnc1Cl. The van der Waals surface area contributed by atoms with Crippen molar-refractivity contribution in [2.24, 2.45) is 0 Å². The molecule has 0 fully saturated rings. The van der Waals surface area contributed by atoms with E-state index in [2.05, 4.69) is 8.75 Å². The van der Waals surface area contributed by atoms with Gasteiger partial charge in [0.25, 0.3) is 0 Å². The van der Waals surface area contributed by atoms with Crippen LogP contribution >= 0.6 is 23.3 Å². The fourth-order valence-electron chi connectivity index (χ4n) is 0.229. The largest absolute Gasteiger partial charge is 0.285 e. The Balaban J connectivity index is 3.35.